The molecule has 0 bridgehead atoms. The van der Waals surface area contributed by atoms with Gasteiger partial charge in [0, 0.05) is 17.8 Å². The second-order valence-electron chi connectivity index (χ2n) is 30.3. The van der Waals surface area contributed by atoms with E-state index in [2.05, 4.69) is 110 Å². The fourth-order valence-electron chi connectivity index (χ4n) is 15.7. The summed E-state index contributed by atoms with van der Waals surface area (Å²) in [6.45, 7) is 24.8. The van der Waals surface area contributed by atoms with Crippen molar-refractivity contribution in [3.63, 3.8) is 0 Å². The van der Waals surface area contributed by atoms with E-state index in [-0.39, 0.29) is 59.2 Å². The van der Waals surface area contributed by atoms with Gasteiger partial charge >= 0.3 is 314 Å². The molecular formula is C79H101B2N6O17PSi2. The van der Waals surface area contributed by atoms with Crippen molar-refractivity contribution in [1.82, 2.24) is 0 Å². The van der Waals surface area contributed by atoms with E-state index in [1.807, 2.05) is 131 Å². The van der Waals surface area contributed by atoms with Gasteiger partial charge in [0.2, 0.25) is 0 Å². The minimum absolute atomic E-state index is 0.0405. The zero-order chi connectivity index (χ0) is 76.6. The number of hydrogen-bond acceptors (Lipinski definition) is 19. The van der Waals surface area contributed by atoms with Crippen LogP contribution in [0.1, 0.15) is 106 Å². The molecule has 6 aromatic carbocycles. The monoisotopic (exact) mass is 1510 g/mol. The first-order chi connectivity index (χ1) is 51.3. The zero-order valence-electron chi connectivity index (χ0n) is 63.3. The van der Waals surface area contributed by atoms with Gasteiger partial charge in [0.05, 0.1) is 31.5 Å². The number of hydrogen-bond donors (Lipinski definition) is 0. The van der Waals surface area contributed by atoms with Gasteiger partial charge in [-0.3, -0.25) is 4.79 Å². The molecule has 4 aliphatic rings. The van der Waals surface area contributed by atoms with Crippen molar-refractivity contribution < 1.29 is 80.0 Å². The quantitative estimate of drug-likeness (QED) is 0.00770. The van der Waals surface area contributed by atoms with Gasteiger partial charge in [-0.15, -0.1) is 0 Å². The molecule has 0 spiro atoms. The Morgan fingerprint density at radius 2 is 0.888 bits per heavy atom. The summed E-state index contributed by atoms with van der Waals surface area (Å²) in [5.74, 6) is -4.40. The van der Waals surface area contributed by atoms with Crippen molar-refractivity contribution in [2.24, 2.45) is 33.9 Å². The van der Waals surface area contributed by atoms with Crippen LogP contribution in [0.4, 0.5) is 0 Å². The van der Waals surface area contributed by atoms with Crippen LogP contribution in [-0.4, -0.2) is 173 Å². The molecule has 23 nitrogen and oxygen atoms in total. The summed E-state index contributed by atoms with van der Waals surface area (Å²) in [7, 11) is -5.85. The summed E-state index contributed by atoms with van der Waals surface area (Å²) in [6.07, 6.45) is -14.2. The fraction of sp³-hybridized carbons (Fsp3) is 0.506. The molecular weight excluding hydrogens is 1410 g/mol. The van der Waals surface area contributed by atoms with Crippen molar-refractivity contribution in [1.29, 1.82) is 0 Å². The third-order valence-corrected chi connectivity index (χ3v) is 33.1. The van der Waals surface area contributed by atoms with E-state index < -0.39 is 161 Å². The molecule has 568 valence electrons. The van der Waals surface area contributed by atoms with E-state index in [9.17, 15) is 30.2 Å². The van der Waals surface area contributed by atoms with Crippen LogP contribution in [0.5, 0.6) is 0 Å². The summed E-state index contributed by atoms with van der Waals surface area (Å²) >= 11 is 0. The van der Waals surface area contributed by atoms with Crippen LogP contribution in [0.3, 0.4) is 0 Å². The molecule has 0 aliphatic carbocycles. The van der Waals surface area contributed by atoms with E-state index in [0.29, 0.717) is 0 Å². The van der Waals surface area contributed by atoms with Gasteiger partial charge in [-0.05, 0) is 51.5 Å². The Morgan fingerprint density at radius 3 is 1.36 bits per heavy atom. The number of nitrogens with zero attached hydrogens (tertiary/aromatic N) is 6. The molecule has 0 radical (unpaired) electrons. The maximum atomic E-state index is 14.9. The Labute approximate surface area is 633 Å². The molecule has 0 saturated carbocycles. The molecule has 4 aliphatic heterocycles. The third-order valence-electron chi connectivity index (χ3n) is 21.3. The molecule has 10 rings (SSSR count). The topological polar surface area (TPSA) is 286 Å². The van der Waals surface area contributed by atoms with Crippen LogP contribution in [0, 0.1) is 23.7 Å². The molecule has 6 aromatic rings. The van der Waals surface area contributed by atoms with E-state index in [1.54, 1.807) is 37.3 Å². The van der Waals surface area contributed by atoms with Crippen molar-refractivity contribution in [3.05, 3.63) is 214 Å². The molecule has 28 heteroatoms. The number of esters is 3. The van der Waals surface area contributed by atoms with Gasteiger partial charge in [0.15, 0.2) is 6.29 Å². The number of carbonyl (C=O) groups is 3. The standard InChI is InChI=1S/C79H101B2N6O17PSi2/c1-49-53(5)97-64(46-93-55(7)89)72(70(49)94-44-56-32-20-14-21-33-56)104-75-66(84-86-82)51(3)68(65(99-75)48-96-107(79(11,12)13,60-40-28-18-29-41-60)61-42-30-19-31-43-61)103-77-71(101-74(90)57-34-22-15-23-35-57)52(4)69(63(100-77)45-92-54(6)88)102-76-67(85-87-83)73(105-81-80-91)50(2)62(98-76)47-95-106(78(8,9)10,58-36-24-16-25-37-58)59-38-26-17-27-39-59/h14-43,49-53,62-73,75-77,81,105H,44-48H2,1-13H3/t49?,50-,51-,52+,53+,62?,63?,64?,65?,66?,67?,68+,69+,70+,71?,72-,73+,75+,76+,77+/m1/s1. The predicted octanol–water partition coefficient (Wildman–Crippen LogP) is 11.5. The minimum atomic E-state index is -3.45. The van der Waals surface area contributed by atoms with Crippen LogP contribution < -0.4 is 20.7 Å². The number of rotatable bonds is 30. The average molecular weight is 1520 g/mol. The van der Waals surface area contributed by atoms with Crippen LogP contribution >= 0.6 is 8.46 Å². The molecule has 21 atom stereocenters. The van der Waals surface area contributed by atoms with Crippen LogP contribution in [0.25, 0.3) is 20.9 Å². The molecule has 4 heterocycles. The van der Waals surface area contributed by atoms with Crippen molar-refractivity contribution in [3.8, 4) is 0 Å². The zero-order valence-corrected chi connectivity index (χ0v) is 66.3. The van der Waals surface area contributed by atoms with Crippen molar-refractivity contribution in [2.75, 3.05) is 26.4 Å². The molecule has 107 heavy (non-hydrogen) atoms. The summed E-state index contributed by atoms with van der Waals surface area (Å²) in [5, 5.41) is 11.9. The summed E-state index contributed by atoms with van der Waals surface area (Å²) in [6, 6.07) is 56.5. The first-order valence-electron chi connectivity index (χ1n) is 36.9. The summed E-state index contributed by atoms with van der Waals surface area (Å²) in [4.78, 5) is 47.5. The molecule has 0 amide bonds. The van der Waals surface area contributed by atoms with Gasteiger partial charge < -0.3 is 28.1 Å². The molecule has 4 fully saturated rings. The van der Waals surface area contributed by atoms with Gasteiger partial charge in [-0.2, -0.15) is 0 Å². The first-order valence-corrected chi connectivity index (χ1v) is 42.0. The first kappa shape index (κ1) is 82.2. The third kappa shape index (κ3) is 19.1. The SMILES string of the molecule is CC(=O)OCC1O[C@@H](O[C@@H]2C(CO[Si](c3ccccc3)(c3ccccc3)C(C)(C)C)O[C@@H](O[C@@H]3C(COC(C)=O)O[C@@H](C)C(C)[C@@H]3OCc3ccccc3)C(N=[N+]=[N-])[C@H]2C)C(OC(=O)c2ccccc2)[C@@H](C)[C@@H]1O[C@@H]1OC(CO[Si](c2ccccc2)(c2ccccc2)C(C)(C)C)[C@@H](C)[C@H](PBB=O)C1N=[N+]=[N-]. The Kier molecular flexibility index (Phi) is 28.8. The van der Waals surface area contributed by atoms with Gasteiger partial charge in [0.1, 0.15) is 24.9 Å². The normalized spacial score (nSPS) is 29.1. The molecule has 9 unspecified atom stereocenters. The summed E-state index contributed by atoms with van der Waals surface area (Å²) in [5.41, 5.74) is 21.8. The number of carbonyl (C=O) groups excluding carboxylic acids is 3. The second kappa shape index (κ2) is 37.4. The van der Waals surface area contributed by atoms with Gasteiger partial charge in [-0.25, -0.2) is 0 Å². The predicted molar refractivity (Wildman–Crippen MR) is 414 cm³/mol. The molecule has 4 saturated heterocycles. The Bertz CT molecular complexity index is 3880. The fourth-order valence-corrected chi connectivity index (χ4v) is 26.3. The summed E-state index contributed by atoms with van der Waals surface area (Å²) < 4.78 is 103. The van der Waals surface area contributed by atoms with Gasteiger partial charge in [0.25, 0.3) is 8.32 Å². The Morgan fingerprint density at radius 1 is 0.486 bits per heavy atom. The van der Waals surface area contributed by atoms with Crippen LogP contribution in [0.15, 0.2) is 192 Å². The van der Waals surface area contributed by atoms with E-state index in [4.69, 9.17) is 61.0 Å². The molecule has 0 aromatic heterocycles. The number of benzene rings is 6. The van der Waals surface area contributed by atoms with Gasteiger partial charge in [-0.1, -0.05) is 149 Å². The van der Waals surface area contributed by atoms with Crippen LogP contribution in [0.2, 0.25) is 10.1 Å². The maximum absolute atomic E-state index is 14.9. The Balaban J connectivity index is 1.07. The number of azide groups is 2. The van der Waals surface area contributed by atoms with E-state index in [1.165, 1.54) is 13.8 Å². The Hall–Kier alpha value is -7.26. The van der Waals surface area contributed by atoms with Crippen LogP contribution in [-0.2, 0) is 81.9 Å². The molecule has 0 N–H and O–H groups in total. The van der Waals surface area contributed by atoms with E-state index in [0.717, 1.165) is 33.4 Å². The second-order valence-corrected chi connectivity index (χ2v) is 40.4. The van der Waals surface area contributed by atoms with Crippen molar-refractivity contribution >= 4 is 77.7 Å². The van der Waals surface area contributed by atoms with E-state index >= 15 is 0 Å². The van der Waals surface area contributed by atoms with Crippen molar-refractivity contribution in [2.45, 2.75) is 204 Å². The average Bonchev–Trinajstić information content (AvgIpc) is 0.747. The number of ether oxygens (including phenoxy) is 11.